The molecule has 8 heteroatoms. The molecule has 0 unspecified atom stereocenters. The van der Waals surface area contributed by atoms with Crippen LogP contribution in [-0.2, 0) is 13.6 Å². The van der Waals surface area contributed by atoms with Crippen molar-refractivity contribution in [1.82, 2.24) is 29.5 Å². The van der Waals surface area contributed by atoms with Crippen molar-refractivity contribution in [3.05, 3.63) is 90.4 Å². The predicted molar refractivity (Wildman–Crippen MR) is 138 cm³/mol. The molecule has 2 aromatic carbocycles. The number of pyridine rings is 1. The Morgan fingerprint density at radius 2 is 1.81 bits per heavy atom. The zero-order chi connectivity index (χ0) is 24.5. The smallest absolute Gasteiger partial charge is 0.135 e. The van der Waals surface area contributed by atoms with Gasteiger partial charge in [-0.25, -0.2) is 0 Å². The molecule has 0 saturated carbocycles. The maximum absolute atomic E-state index is 10.1. The Morgan fingerprint density at radius 1 is 0.972 bits per heavy atom. The highest BCUT2D eigenvalue weighted by molar-refractivity contribution is 5.97. The van der Waals surface area contributed by atoms with E-state index in [0.29, 0.717) is 18.0 Å². The lowest BCUT2D eigenvalue weighted by Gasteiger charge is -2.35. The Bertz CT molecular complexity index is 1550. The van der Waals surface area contributed by atoms with Crippen LogP contribution >= 0.6 is 0 Å². The van der Waals surface area contributed by atoms with Crippen LogP contribution in [0.5, 0.6) is 0 Å². The van der Waals surface area contributed by atoms with Crippen molar-refractivity contribution in [1.29, 1.82) is 5.26 Å². The van der Waals surface area contributed by atoms with Crippen LogP contribution in [0.2, 0.25) is 0 Å². The normalized spacial score (nSPS) is 14.3. The molecule has 0 spiro atoms. The minimum absolute atomic E-state index is 0.365. The zero-order valence-corrected chi connectivity index (χ0v) is 20.1. The van der Waals surface area contributed by atoms with E-state index in [1.165, 1.54) is 5.56 Å². The molecule has 1 saturated heterocycles. The van der Waals surface area contributed by atoms with Crippen LogP contribution in [0.3, 0.4) is 0 Å². The van der Waals surface area contributed by atoms with Crippen LogP contribution in [-0.4, -0.2) is 42.6 Å². The standard InChI is InChI=1S/C28H26N8/c1-34-19-31-33-28(34)21-10-12-35(13-11-21)26-22(14-29)8-5-9-24(26)25-17-30-15-23-16-32-36(27(23)25)18-20-6-3-2-4-7-20/h2-9,15-17,19,21H,10-13,18H2,1H3. The first-order valence-corrected chi connectivity index (χ1v) is 12.2. The quantitative estimate of drug-likeness (QED) is 0.372. The van der Waals surface area contributed by atoms with Crippen molar-refractivity contribution in [3.8, 4) is 17.2 Å². The van der Waals surface area contributed by atoms with Gasteiger partial charge < -0.3 is 9.47 Å². The van der Waals surface area contributed by atoms with E-state index >= 15 is 0 Å². The third-order valence-electron chi connectivity index (χ3n) is 7.08. The minimum Gasteiger partial charge on any atom is -0.370 e. The van der Waals surface area contributed by atoms with Crippen LogP contribution in [0.25, 0.3) is 22.0 Å². The van der Waals surface area contributed by atoms with Crippen LogP contribution in [0.15, 0.2) is 73.4 Å². The van der Waals surface area contributed by atoms with E-state index in [-0.39, 0.29) is 0 Å². The molecule has 5 aromatic rings. The van der Waals surface area contributed by atoms with Gasteiger partial charge >= 0.3 is 0 Å². The summed E-state index contributed by atoms with van der Waals surface area (Å²) in [5, 5.41) is 24.1. The monoisotopic (exact) mass is 474 g/mol. The molecule has 0 atom stereocenters. The second-order valence-corrected chi connectivity index (χ2v) is 9.29. The Morgan fingerprint density at radius 3 is 2.56 bits per heavy atom. The van der Waals surface area contributed by atoms with Crippen molar-refractivity contribution >= 4 is 16.6 Å². The molecule has 1 fully saturated rings. The Kier molecular flexibility index (Phi) is 5.66. The average molecular weight is 475 g/mol. The molecule has 0 radical (unpaired) electrons. The summed E-state index contributed by atoms with van der Waals surface area (Å²) >= 11 is 0. The number of para-hydroxylation sites is 1. The van der Waals surface area contributed by atoms with E-state index in [1.807, 2.05) is 65.2 Å². The van der Waals surface area contributed by atoms with E-state index in [0.717, 1.165) is 59.5 Å². The molecule has 36 heavy (non-hydrogen) atoms. The van der Waals surface area contributed by atoms with Gasteiger partial charge in [-0.15, -0.1) is 10.2 Å². The van der Waals surface area contributed by atoms with Gasteiger partial charge in [-0.2, -0.15) is 10.4 Å². The van der Waals surface area contributed by atoms with Gasteiger partial charge in [0.2, 0.25) is 0 Å². The van der Waals surface area contributed by atoms with E-state index < -0.39 is 0 Å². The van der Waals surface area contributed by atoms with Crippen molar-refractivity contribution in [2.24, 2.45) is 7.05 Å². The van der Waals surface area contributed by atoms with Crippen LogP contribution in [0.1, 0.15) is 35.7 Å². The van der Waals surface area contributed by atoms with Gasteiger partial charge in [0.25, 0.3) is 0 Å². The first-order chi connectivity index (χ1) is 17.7. The summed E-state index contributed by atoms with van der Waals surface area (Å²) in [6.45, 7) is 2.35. The third-order valence-corrected chi connectivity index (χ3v) is 7.08. The van der Waals surface area contributed by atoms with Gasteiger partial charge in [0.15, 0.2) is 0 Å². The summed E-state index contributed by atoms with van der Waals surface area (Å²) < 4.78 is 4.04. The first-order valence-electron chi connectivity index (χ1n) is 12.2. The largest absolute Gasteiger partial charge is 0.370 e. The van der Waals surface area contributed by atoms with Crippen LogP contribution < -0.4 is 4.90 Å². The minimum atomic E-state index is 0.365. The average Bonchev–Trinajstić information content (AvgIpc) is 3.55. The maximum atomic E-state index is 10.1. The second-order valence-electron chi connectivity index (χ2n) is 9.29. The lowest BCUT2D eigenvalue weighted by atomic mass is 9.93. The van der Waals surface area contributed by atoms with E-state index in [4.69, 9.17) is 5.10 Å². The SMILES string of the molecule is Cn1cnnc1C1CCN(c2c(C#N)cccc2-c2cncc3cnn(Cc4ccccc4)c23)CC1. The molecular weight excluding hydrogens is 448 g/mol. The van der Waals surface area contributed by atoms with Crippen molar-refractivity contribution in [2.45, 2.75) is 25.3 Å². The zero-order valence-electron chi connectivity index (χ0n) is 20.1. The second kappa shape index (κ2) is 9.27. The highest BCUT2D eigenvalue weighted by atomic mass is 15.3. The summed E-state index contributed by atoms with van der Waals surface area (Å²) in [6, 6.07) is 18.7. The summed E-state index contributed by atoms with van der Waals surface area (Å²) in [6.07, 6.45) is 9.30. The van der Waals surface area contributed by atoms with Gasteiger partial charge in [-0.05, 0) is 24.5 Å². The molecule has 3 aromatic heterocycles. The fourth-order valence-electron chi connectivity index (χ4n) is 5.33. The van der Waals surface area contributed by atoms with Gasteiger partial charge in [-0.3, -0.25) is 9.67 Å². The topological polar surface area (TPSA) is 88.4 Å². The van der Waals surface area contributed by atoms with Crippen molar-refractivity contribution in [2.75, 3.05) is 18.0 Å². The third kappa shape index (κ3) is 3.89. The number of fused-ring (bicyclic) bond motifs is 1. The molecule has 1 aliphatic heterocycles. The highest BCUT2D eigenvalue weighted by Gasteiger charge is 2.27. The number of aryl methyl sites for hydroxylation is 1. The van der Waals surface area contributed by atoms with Crippen molar-refractivity contribution < 1.29 is 0 Å². The Balaban J connectivity index is 1.40. The van der Waals surface area contributed by atoms with Gasteiger partial charge in [0, 0.05) is 55.0 Å². The van der Waals surface area contributed by atoms with E-state index in [2.05, 4.69) is 44.3 Å². The predicted octanol–water partition coefficient (Wildman–Crippen LogP) is 4.53. The molecule has 0 N–H and O–H groups in total. The summed E-state index contributed by atoms with van der Waals surface area (Å²) in [4.78, 5) is 6.88. The molecule has 178 valence electrons. The number of anilines is 1. The van der Waals surface area contributed by atoms with Crippen LogP contribution in [0, 0.1) is 11.3 Å². The van der Waals surface area contributed by atoms with Crippen LogP contribution in [0.4, 0.5) is 5.69 Å². The molecule has 4 heterocycles. The highest BCUT2D eigenvalue weighted by Crippen LogP contribution is 2.40. The van der Waals surface area contributed by atoms with Crippen molar-refractivity contribution in [3.63, 3.8) is 0 Å². The molecule has 0 aliphatic carbocycles. The van der Waals surface area contributed by atoms with Gasteiger partial charge in [-0.1, -0.05) is 42.5 Å². The molecular formula is C28H26N8. The number of hydrogen-bond donors (Lipinski definition) is 0. The number of rotatable bonds is 5. The molecule has 0 bridgehead atoms. The van der Waals surface area contributed by atoms with E-state index in [1.54, 1.807) is 6.33 Å². The number of benzene rings is 2. The molecule has 6 rings (SSSR count). The number of aromatic nitrogens is 6. The molecule has 0 amide bonds. The Hall–Kier alpha value is -4.51. The lowest BCUT2D eigenvalue weighted by Crippen LogP contribution is -2.34. The number of piperidine rings is 1. The Labute approximate surface area is 209 Å². The number of hydrogen-bond acceptors (Lipinski definition) is 6. The van der Waals surface area contributed by atoms with Gasteiger partial charge in [0.05, 0.1) is 29.5 Å². The maximum Gasteiger partial charge on any atom is 0.135 e. The summed E-state index contributed by atoms with van der Waals surface area (Å²) in [5.74, 6) is 1.39. The molecule has 8 nitrogen and oxygen atoms in total. The lowest BCUT2D eigenvalue weighted by molar-refractivity contribution is 0.474. The number of nitrogens with zero attached hydrogens (tertiary/aromatic N) is 8. The van der Waals surface area contributed by atoms with Gasteiger partial charge in [0.1, 0.15) is 18.2 Å². The fourth-order valence-corrected chi connectivity index (χ4v) is 5.33. The fraction of sp³-hybridized carbons (Fsp3) is 0.250. The number of nitriles is 1. The first kappa shape index (κ1) is 22.0. The summed E-state index contributed by atoms with van der Waals surface area (Å²) in [7, 11) is 2.00. The summed E-state index contributed by atoms with van der Waals surface area (Å²) in [5.41, 5.74) is 5.86. The molecule has 1 aliphatic rings. The van der Waals surface area contributed by atoms with E-state index in [9.17, 15) is 5.26 Å².